The Labute approximate surface area is 170 Å². The van der Waals surface area contributed by atoms with Crippen LogP contribution in [0.2, 0.25) is 5.02 Å². The van der Waals surface area contributed by atoms with Crippen molar-refractivity contribution < 1.29 is 0 Å². The number of halogens is 1. The fourth-order valence-electron chi connectivity index (χ4n) is 2.73. The second-order valence-electron chi connectivity index (χ2n) is 6.52. The molecule has 4 nitrogen and oxygen atoms in total. The minimum atomic E-state index is 0.457. The summed E-state index contributed by atoms with van der Waals surface area (Å²) in [6.45, 7) is 5.07. The van der Waals surface area contributed by atoms with E-state index in [1.54, 1.807) is 10.9 Å². The van der Waals surface area contributed by atoms with E-state index in [-0.39, 0.29) is 0 Å². The topological polar surface area (TPSA) is 41.9 Å². The smallest absolute Gasteiger partial charge is 0.176 e. The van der Waals surface area contributed by atoms with Crippen LogP contribution in [0.25, 0.3) is 0 Å². The van der Waals surface area contributed by atoms with Crippen LogP contribution >= 0.6 is 23.8 Å². The summed E-state index contributed by atoms with van der Waals surface area (Å²) in [4.78, 5) is 0. The lowest BCUT2D eigenvalue weighted by Crippen LogP contribution is -2.19. The average molecular weight is 399 g/mol. The third-order valence-electron chi connectivity index (χ3n) is 4.49. The highest BCUT2D eigenvalue weighted by Gasteiger charge is 2.10. The fourth-order valence-corrected chi connectivity index (χ4v) is 3.15. The number of rotatable bonds is 6. The maximum absolute atomic E-state index is 6.30. The summed E-state index contributed by atoms with van der Waals surface area (Å²) in [5, 5.41) is 11.7. The van der Waals surface area contributed by atoms with E-state index in [0.717, 1.165) is 17.7 Å². The summed E-state index contributed by atoms with van der Waals surface area (Å²) in [7, 11) is 0. The molecule has 0 bridgehead atoms. The molecule has 2 aromatic carbocycles. The summed E-state index contributed by atoms with van der Waals surface area (Å²) in [5.74, 6) is 1.10. The molecule has 3 rings (SSSR count). The Morgan fingerprint density at radius 3 is 2.48 bits per heavy atom. The van der Waals surface area contributed by atoms with Gasteiger partial charge in [0.1, 0.15) is 5.02 Å². The van der Waals surface area contributed by atoms with Gasteiger partial charge in [0, 0.05) is 11.9 Å². The Kier molecular flexibility index (Phi) is 6.48. The molecule has 0 saturated carbocycles. The van der Waals surface area contributed by atoms with E-state index in [1.807, 2.05) is 30.3 Å². The third kappa shape index (κ3) is 5.31. The van der Waals surface area contributed by atoms with Crippen LogP contribution in [0.3, 0.4) is 0 Å². The zero-order chi connectivity index (χ0) is 19.2. The Morgan fingerprint density at radius 1 is 1.11 bits per heavy atom. The lowest BCUT2D eigenvalue weighted by molar-refractivity contribution is 0.690. The zero-order valence-corrected chi connectivity index (χ0v) is 17.0. The van der Waals surface area contributed by atoms with Crippen molar-refractivity contribution in [2.24, 2.45) is 0 Å². The van der Waals surface area contributed by atoms with Crippen LogP contribution in [-0.2, 0) is 6.54 Å². The highest BCUT2D eigenvalue weighted by molar-refractivity contribution is 7.80. The van der Waals surface area contributed by atoms with Crippen LogP contribution < -0.4 is 10.6 Å². The molecule has 0 amide bonds. The number of aromatic nitrogens is 2. The number of thiocarbonyl (C=S) groups is 1. The van der Waals surface area contributed by atoms with Crippen LogP contribution in [0.1, 0.15) is 37.3 Å². The second-order valence-corrected chi connectivity index (χ2v) is 7.33. The number of hydrogen-bond donors (Lipinski definition) is 2. The molecule has 1 unspecified atom stereocenters. The van der Waals surface area contributed by atoms with Gasteiger partial charge in [0.15, 0.2) is 10.9 Å². The van der Waals surface area contributed by atoms with Gasteiger partial charge in [-0.25, -0.2) is 0 Å². The predicted octanol–water partition coefficient (Wildman–Crippen LogP) is 5.91. The van der Waals surface area contributed by atoms with Crippen molar-refractivity contribution in [1.29, 1.82) is 0 Å². The minimum Gasteiger partial charge on any atom is -0.332 e. The molecule has 0 saturated heterocycles. The largest absolute Gasteiger partial charge is 0.332 e. The van der Waals surface area contributed by atoms with E-state index in [4.69, 9.17) is 23.8 Å². The predicted molar refractivity (Wildman–Crippen MR) is 118 cm³/mol. The van der Waals surface area contributed by atoms with E-state index < -0.39 is 0 Å². The molecule has 0 aliphatic rings. The zero-order valence-electron chi connectivity index (χ0n) is 15.4. The van der Waals surface area contributed by atoms with E-state index in [0.29, 0.717) is 28.4 Å². The van der Waals surface area contributed by atoms with Crippen LogP contribution in [0.4, 0.5) is 11.5 Å². The molecule has 140 valence electrons. The molecule has 0 spiro atoms. The first-order chi connectivity index (χ1) is 13.0. The second kappa shape index (κ2) is 9.02. The molecule has 1 heterocycles. The first kappa shape index (κ1) is 19.4. The van der Waals surface area contributed by atoms with E-state index in [1.165, 1.54) is 5.56 Å². The summed E-state index contributed by atoms with van der Waals surface area (Å²) in [6, 6.07) is 18.4. The van der Waals surface area contributed by atoms with Gasteiger partial charge in [-0.2, -0.15) is 5.10 Å². The molecule has 6 heteroatoms. The van der Waals surface area contributed by atoms with Crippen molar-refractivity contribution in [2.45, 2.75) is 32.7 Å². The third-order valence-corrected chi connectivity index (χ3v) is 4.97. The highest BCUT2D eigenvalue weighted by atomic mass is 35.5. The van der Waals surface area contributed by atoms with Crippen molar-refractivity contribution >= 4 is 40.4 Å². The molecular weight excluding hydrogens is 376 g/mol. The number of anilines is 2. The SMILES string of the molecule is CCC(C)c1ccc(NC(=S)Nc2nn(Cc3ccccc3)cc2Cl)cc1. The first-order valence-electron chi connectivity index (χ1n) is 9.00. The van der Waals surface area contributed by atoms with Gasteiger partial charge < -0.3 is 10.6 Å². The maximum atomic E-state index is 6.30. The van der Waals surface area contributed by atoms with Crippen molar-refractivity contribution in [3.8, 4) is 0 Å². The standard InChI is InChI=1S/C21H23ClN4S/c1-3-15(2)17-9-11-18(12-10-17)23-21(27)24-20-19(22)14-26(25-20)13-16-7-5-4-6-8-16/h4-12,14-15H,3,13H2,1-2H3,(H2,23,24,25,27). The first-order valence-corrected chi connectivity index (χ1v) is 9.78. The maximum Gasteiger partial charge on any atom is 0.176 e. The fraction of sp³-hybridized carbons (Fsp3) is 0.238. The van der Waals surface area contributed by atoms with Crippen LogP contribution in [0.5, 0.6) is 0 Å². The van der Waals surface area contributed by atoms with Gasteiger partial charge in [-0.15, -0.1) is 0 Å². The summed E-state index contributed by atoms with van der Waals surface area (Å²) in [6.07, 6.45) is 2.91. The molecule has 3 aromatic rings. The van der Waals surface area contributed by atoms with Gasteiger partial charge >= 0.3 is 0 Å². The van der Waals surface area contributed by atoms with Crippen LogP contribution in [-0.4, -0.2) is 14.9 Å². The Balaban J connectivity index is 1.61. The minimum absolute atomic E-state index is 0.457. The highest BCUT2D eigenvalue weighted by Crippen LogP contribution is 2.22. The van der Waals surface area contributed by atoms with Gasteiger partial charge in [0.2, 0.25) is 0 Å². The van der Waals surface area contributed by atoms with Gasteiger partial charge in [-0.1, -0.05) is 67.9 Å². The summed E-state index contributed by atoms with van der Waals surface area (Å²) in [5.41, 5.74) is 3.41. The molecule has 27 heavy (non-hydrogen) atoms. The summed E-state index contributed by atoms with van der Waals surface area (Å²) >= 11 is 11.7. The molecular formula is C21H23ClN4S. The molecule has 0 aliphatic heterocycles. The van der Waals surface area contributed by atoms with Crippen molar-refractivity contribution in [1.82, 2.24) is 9.78 Å². The van der Waals surface area contributed by atoms with E-state index in [9.17, 15) is 0 Å². The normalized spacial score (nSPS) is 11.8. The van der Waals surface area contributed by atoms with Crippen molar-refractivity contribution in [2.75, 3.05) is 10.6 Å². The van der Waals surface area contributed by atoms with Gasteiger partial charge in [-0.3, -0.25) is 4.68 Å². The van der Waals surface area contributed by atoms with Gasteiger partial charge in [0.05, 0.1) is 6.54 Å². The number of nitrogens with one attached hydrogen (secondary N) is 2. The Bertz CT molecular complexity index is 890. The molecule has 0 fully saturated rings. The van der Waals surface area contributed by atoms with Gasteiger partial charge in [-0.05, 0) is 47.8 Å². The Morgan fingerprint density at radius 2 is 1.81 bits per heavy atom. The molecule has 0 radical (unpaired) electrons. The van der Waals surface area contributed by atoms with Crippen molar-refractivity contribution in [3.05, 3.63) is 76.9 Å². The van der Waals surface area contributed by atoms with Gasteiger partial charge in [0.25, 0.3) is 0 Å². The lowest BCUT2D eigenvalue weighted by atomic mass is 9.99. The van der Waals surface area contributed by atoms with Crippen molar-refractivity contribution in [3.63, 3.8) is 0 Å². The molecule has 1 atom stereocenters. The molecule has 1 aromatic heterocycles. The van der Waals surface area contributed by atoms with E-state index in [2.05, 4.69) is 53.8 Å². The quantitative estimate of drug-likeness (QED) is 0.506. The molecule has 2 N–H and O–H groups in total. The number of nitrogens with zero attached hydrogens (tertiary/aromatic N) is 2. The molecule has 0 aliphatic carbocycles. The number of benzene rings is 2. The van der Waals surface area contributed by atoms with E-state index >= 15 is 0 Å². The van der Waals surface area contributed by atoms with Crippen LogP contribution in [0, 0.1) is 0 Å². The summed E-state index contributed by atoms with van der Waals surface area (Å²) < 4.78 is 1.80. The van der Waals surface area contributed by atoms with Crippen LogP contribution in [0.15, 0.2) is 60.8 Å². The monoisotopic (exact) mass is 398 g/mol. The average Bonchev–Trinajstić information content (AvgIpc) is 3.01. The number of hydrogen-bond acceptors (Lipinski definition) is 2. The lowest BCUT2D eigenvalue weighted by Gasteiger charge is -2.12. The Hall–Kier alpha value is -2.37.